The molecule has 10 rings (SSSR count). The number of carbonyl (C=O) groups excluding carboxylic acids is 1. The Kier molecular flexibility index (Phi) is 22.5. The van der Waals surface area contributed by atoms with Gasteiger partial charge in [-0.1, -0.05) is 54.6 Å². The summed E-state index contributed by atoms with van der Waals surface area (Å²) in [6.45, 7) is 15.5. The van der Waals surface area contributed by atoms with Gasteiger partial charge in [0.05, 0.1) is 65.8 Å². The largest absolute Gasteiger partial charge is 0.508 e. The van der Waals surface area contributed by atoms with Gasteiger partial charge in [-0.25, -0.2) is 14.4 Å². The monoisotopic (exact) mass is 1230 g/mol. The van der Waals surface area contributed by atoms with Gasteiger partial charge in [0.2, 0.25) is 0 Å². The van der Waals surface area contributed by atoms with Crippen molar-refractivity contribution in [2.24, 2.45) is 0 Å². The zero-order valence-electron chi connectivity index (χ0n) is 52.8. The number of hydrogen-bond donors (Lipinski definition) is 11. The van der Waals surface area contributed by atoms with Crippen LogP contribution in [0.3, 0.4) is 0 Å². The summed E-state index contributed by atoms with van der Waals surface area (Å²) in [6.07, 6.45) is 3.67. The molecule has 7 aromatic carbocycles. The summed E-state index contributed by atoms with van der Waals surface area (Å²) in [4.78, 5) is 22.4. The number of aliphatic hydroxyl groups is 3. The second-order valence-corrected chi connectivity index (χ2v) is 24.8. The van der Waals surface area contributed by atoms with Crippen LogP contribution in [0.25, 0.3) is 22.1 Å². The SMILES string of the molecule is CC(C)(CCn1cnc2ccccc21)NCC(O)c1ccc(O)cc1F.CN(C)c1ccc(CC(C)(C)NCC(O)c2ccc(O)c3c2OCC(=O)N3)cc1.COc1ccc(CNc2cc(C(O)CNC(C)(C)CCn3cnc4ccccc43)ccc2O)cc1. The number of carbonyl (C=O) groups is 1. The highest BCUT2D eigenvalue weighted by atomic mass is 19.1. The molecule has 2 aromatic heterocycles. The number of rotatable bonds is 25. The van der Waals surface area contributed by atoms with E-state index in [9.17, 15) is 39.8 Å². The van der Waals surface area contributed by atoms with Crippen molar-refractivity contribution in [3.05, 3.63) is 192 Å². The first kappa shape index (κ1) is 67.2. The Bertz CT molecular complexity index is 3800. The number of aromatic nitrogens is 4. The molecule has 3 unspecified atom stereocenters. The molecule has 3 atom stereocenters. The van der Waals surface area contributed by atoms with E-state index in [0.717, 1.165) is 83.0 Å². The van der Waals surface area contributed by atoms with Crippen molar-refractivity contribution in [3.63, 3.8) is 0 Å². The van der Waals surface area contributed by atoms with Crippen LogP contribution in [0.15, 0.2) is 158 Å². The van der Waals surface area contributed by atoms with Gasteiger partial charge in [0.1, 0.15) is 34.5 Å². The van der Waals surface area contributed by atoms with Crippen molar-refractivity contribution in [1.29, 1.82) is 0 Å². The lowest BCUT2D eigenvalue weighted by molar-refractivity contribution is -0.118. The molecule has 0 spiro atoms. The minimum absolute atomic E-state index is 0.0848. The quantitative estimate of drug-likeness (QED) is 0.0238. The van der Waals surface area contributed by atoms with Crippen molar-refractivity contribution in [2.45, 2.75) is 115 Å². The number of benzene rings is 7. The molecule has 478 valence electrons. The number of amides is 1. The standard InChI is InChI=1S/C28H34N4O3.C22H29N3O4.C20H24FN3O2/c1-28(2,14-15-32-19-30-23-6-4-5-7-25(23)32)31-18-27(34)21-10-13-26(33)24(16-21)29-17-20-8-11-22(35-3)12-9-20;1-22(2,11-14-5-7-15(8-6-14)25(3)4)23-12-18(27)16-9-10-17(26)20-21(16)29-13-19(28)24-20;1-20(2,9-10-24-13-22-17-5-3-4-6-18(17)24)23-12-19(26)15-8-7-14(25)11-16(15)21/h4-13,16,19,27,29,31,33-34H,14-15,17-18H2,1-3H3;5-10,18,23,26-27H,11-13H2,1-4H3,(H,24,28);3-8,11,13,19,23,25-26H,9-10,12H2,1-2H3. The molecular weight excluding hydrogens is 1140 g/mol. The second kappa shape index (κ2) is 30.2. The predicted octanol–water partition coefficient (Wildman–Crippen LogP) is 10.7. The Morgan fingerprint density at radius 3 is 1.76 bits per heavy atom. The van der Waals surface area contributed by atoms with Crippen molar-refractivity contribution >= 4 is 45.0 Å². The smallest absolute Gasteiger partial charge is 0.262 e. The summed E-state index contributed by atoms with van der Waals surface area (Å²) < 4.78 is 28.8. The third-order valence-electron chi connectivity index (χ3n) is 16.0. The summed E-state index contributed by atoms with van der Waals surface area (Å²) in [6, 6.07) is 44.3. The maximum absolute atomic E-state index is 13.8. The van der Waals surface area contributed by atoms with E-state index in [1.807, 2.05) is 107 Å². The van der Waals surface area contributed by atoms with E-state index >= 15 is 0 Å². The Hall–Kier alpha value is -8.76. The van der Waals surface area contributed by atoms with Gasteiger partial charge in [-0.3, -0.25) is 4.79 Å². The fourth-order valence-electron chi connectivity index (χ4n) is 10.4. The molecule has 20 heteroatoms. The summed E-state index contributed by atoms with van der Waals surface area (Å²) in [5.41, 5.74) is 9.16. The summed E-state index contributed by atoms with van der Waals surface area (Å²) >= 11 is 0. The average Bonchev–Trinajstić information content (AvgIpc) is 1.90. The van der Waals surface area contributed by atoms with Gasteiger partial charge in [-0.15, -0.1) is 0 Å². The van der Waals surface area contributed by atoms with Gasteiger partial charge in [0.15, 0.2) is 12.4 Å². The highest BCUT2D eigenvalue weighted by molar-refractivity contribution is 5.97. The number of phenolic OH excluding ortho intramolecular Hbond substituents is 3. The predicted molar refractivity (Wildman–Crippen MR) is 353 cm³/mol. The van der Waals surface area contributed by atoms with Crippen LogP contribution in [-0.2, 0) is 30.8 Å². The van der Waals surface area contributed by atoms with E-state index in [-0.39, 0.29) is 64.2 Å². The van der Waals surface area contributed by atoms with E-state index in [1.54, 1.807) is 31.4 Å². The summed E-state index contributed by atoms with van der Waals surface area (Å²) in [5.74, 6) is 0.0838. The first-order chi connectivity index (χ1) is 42.9. The molecule has 9 aromatic rings. The Morgan fingerprint density at radius 2 is 1.18 bits per heavy atom. The molecule has 3 heterocycles. The van der Waals surface area contributed by atoms with E-state index < -0.39 is 24.1 Å². The molecule has 0 saturated heterocycles. The number of phenols is 3. The van der Waals surface area contributed by atoms with Crippen LogP contribution < -0.4 is 41.0 Å². The highest BCUT2D eigenvalue weighted by Gasteiger charge is 2.28. The minimum atomic E-state index is -0.982. The van der Waals surface area contributed by atoms with Crippen LogP contribution in [0, 0.1) is 5.82 Å². The number of anilines is 3. The maximum atomic E-state index is 13.8. The zero-order chi connectivity index (χ0) is 64.8. The van der Waals surface area contributed by atoms with E-state index in [1.165, 1.54) is 23.8 Å². The Labute approximate surface area is 526 Å². The molecule has 0 saturated carbocycles. The first-order valence-corrected chi connectivity index (χ1v) is 30.2. The van der Waals surface area contributed by atoms with Crippen LogP contribution in [-0.4, -0.2) is 120 Å². The third kappa shape index (κ3) is 18.7. The van der Waals surface area contributed by atoms with Gasteiger partial charge >= 0.3 is 0 Å². The number of β-amino-alcohol motifs (C(OH)–C–C–N with tert-alkyl or cyclic N) is 3. The van der Waals surface area contributed by atoms with Crippen molar-refractivity contribution in [2.75, 3.05) is 63.0 Å². The Morgan fingerprint density at radius 1 is 0.644 bits per heavy atom. The minimum Gasteiger partial charge on any atom is -0.508 e. The van der Waals surface area contributed by atoms with Gasteiger partial charge in [0, 0.05) is 92.9 Å². The number of aryl methyl sites for hydroxylation is 2. The van der Waals surface area contributed by atoms with Gasteiger partial charge in [-0.2, -0.15) is 0 Å². The van der Waals surface area contributed by atoms with E-state index in [4.69, 9.17) is 9.47 Å². The maximum Gasteiger partial charge on any atom is 0.262 e. The topological polar surface area (TPSA) is 256 Å². The number of ether oxygens (including phenoxy) is 2. The Balaban J connectivity index is 0.000000176. The normalized spacial score (nSPS) is 13.4. The lowest BCUT2D eigenvalue weighted by atomic mass is 9.94. The van der Waals surface area contributed by atoms with Crippen molar-refractivity contribution in [1.82, 2.24) is 35.1 Å². The van der Waals surface area contributed by atoms with E-state index in [2.05, 4.69) is 109 Å². The number of hydrogen-bond acceptors (Lipinski definition) is 16. The van der Waals surface area contributed by atoms with Crippen LogP contribution in [0.1, 0.15) is 101 Å². The van der Waals surface area contributed by atoms with Gasteiger partial charge in [0.25, 0.3) is 5.91 Å². The lowest BCUT2D eigenvalue weighted by Gasteiger charge is -2.29. The zero-order valence-corrected chi connectivity index (χ0v) is 52.8. The molecule has 0 radical (unpaired) electrons. The third-order valence-corrected chi connectivity index (χ3v) is 16.0. The lowest BCUT2D eigenvalue weighted by Crippen LogP contribution is -2.43. The molecule has 90 heavy (non-hydrogen) atoms. The number of imidazole rings is 2. The number of para-hydroxylation sites is 4. The van der Waals surface area contributed by atoms with Crippen LogP contribution in [0.5, 0.6) is 28.7 Å². The number of aliphatic hydroxyl groups excluding tert-OH is 3. The molecule has 1 amide bonds. The number of halogens is 1. The highest BCUT2D eigenvalue weighted by Crippen LogP contribution is 2.41. The van der Waals surface area contributed by atoms with Crippen molar-refractivity contribution in [3.8, 4) is 28.7 Å². The fourth-order valence-corrected chi connectivity index (χ4v) is 10.4. The summed E-state index contributed by atoms with van der Waals surface area (Å²) in [7, 11) is 5.66. The van der Waals surface area contributed by atoms with Crippen molar-refractivity contribution < 1.29 is 49.3 Å². The molecule has 19 nitrogen and oxygen atoms in total. The molecule has 1 aliphatic heterocycles. The number of nitrogens with one attached hydrogen (secondary N) is 5. The second-order valence-electron chi connectivity index (χ2n) is 24.8. The van der Waals surface area contributed by atoms with Gasteiger partial charge in [-0.05, 0) is 162 Å². The molecule has 0 bridgehead atoms. The molecule has 1 aliphatic rings. The summed E-state index contributed by atoms with van der Waals surface area (Å²) in [5, 5.41) is 77.4. The van der Waals surface area contributed by atoms with Crippen LogP contribution >= 0.6 is 0 Å². The number of methoxy groups -OCH3 is 1. The van der Waals surface area contributed by atoms with Crippen LogP contribution in [0.2, 0.25) is 0 Å². The number of nitrogens with zero attached hydrogens (tertiary/aromatic N) is 5. The van der Waals surface area contributed by atoms with Gasteiger partial charge < -0.3 is 80.7 Å². The molecule has 0 fully saturated rings. The molecule has 0 aliphatic carbocycles. The fraction of sp³-hybridized carbons (Fsp3) is 0.357. The van der Waals surface area contributed by atoms with Crippen LogP contribution in [0.4, 0.5) is 21.5 Å². The molecule has 11 N–H and O–H groups in total. The first-order valence-electron chi connectivity index (χ1n) is 30.2. The average molecular weight is 1230 g/mol. The number of aromatic hydroxyl groups is 3. The molecular formula is C70H87FN10O9. The van der Waals surface area contributed by atoms with E-state index in [0.29, 0.717) is 36.6 Å². The number of fused-ring (bicyclic) bond motifs is 3.